The number of hydrazone groups is 1. The second-order valence-corrected chi connectivity index (χ2v) is 7.05. The van der Waals surface area contributed by atoms with Gasteiger partial charge < -0.3 is 10.1 Å². The fourth-order valence-corrected chi connectivity index (χ4v) is 3.75. The molecule has 2 N–H and O–H groups in total. The average Bonchev–Trinajstić information content (AvgIpc) is 3.34. The molecule has 9 nitrogen and oxygen atoms in total. The Balaban J connectivity index is 1.87. The molecule has 29 heavy (non-hydrogen) atoms. The number of carbonyl (C=O) groups is 1. The predicted molar refractivity (Wildman–Crippen MR) is 108 cm³/mol. The van der Waals surface area contributed by atoms with E-state index in [4.69, 9.17) is 0 Å². The number of para-hydroxylation sites is 1. The lowest BCUT2D eigenvalue weighted by Crippen LogP contribution is -2.39. The zero-order chi connectivity index (χ0) is 20.9. The zero-order valence-electron chi connectivity index (χ0n) is 16.3. The van der Waals surface area contributed by atoms with Gasteiger partial charge in [-0.05, 0) is 6.07 Å². The van der Waals surface area contributed by atoms with Gasteiger partial charge >= 0.3 is 5.69 Å². The Morgan fingerprint density at radius 3 is 2.69 bits per heavy atom. The maximum atomic E-state index is 12.7. The van der Waals surface area contributed by atoms with E-state index in [0.29, 0.717) is 0 Å². The molecule has 0 fully saturated rings. The molecule has 9 heteroatoms. The predicted octanol–water partition coefficient (Wildman–Crippen LogP) is 1.36. The molecule has 0 radical (unpaired) electrons. The lowest BCUT2D eigenvalue weighted by molar-refractivity contribution is -0.132. The first-order chi connectivity index (χ1) is 13.8. The second-order valence-electron chi connectivity index (χ2n) is 7.05. The summed E-state index contributed by atoms with van der Waals surface area (Å²) in [4.78, 5) is 40.5. The van der Waals surface area contributed by atoms with Crippen molar-refractivity contribution in [1.29, 1.82) is 0 Å². The highest BCUT2D eigenvalue weighted by atomic mass is 16.3. The van der Waals surface area contributed by atoms with Crippen molar-refractivity contribution < 1.29 is 9.90 Å². The van der Waals surface area contributed by atoms with Crippen LogP contribution in [0, 0.1) is 0 Å². The Hall–Kier alpha value is -3.62. The number of carbonyl (C=O) groups excluding carboxylic acids is 1. The lowest BCUT2D eigenvalue weighted by Gasteiger charge is -2.20. The van der Waals surface area contributed by atoms with Crippen LogP contribution in [0.4, 0.5) is 0 Å². The summed E-state index contributed by atoms with van der Waals surface area (Å²) in [6, 6.07) is 7.30. The number of nitrogens with one attached hydrogen (secondary N) is 1. The van der Waals surface area contributed by atoms with Crippen molar-refractivity contribution in [3.63, 3.8) is 0 Å². The first-order valence-electron chi connectivity index (χ1n) is 9.30. The summed E-state index contributed by atoms with van der Waals surface area (Å²) in [5.74, 6) is -0.656. The normalized spacial score (nSPS) is 16.4. The van der Waals surface area contributed by atoms with Gasteiger partial charge in [-0.1, -0.05) is 25.1 Å². The van der Waals surface area contributed by atoms with Crippen LogP contribution in [0.1, 0.15) is 36.9 Å². The van der Waals surface area contributed by atoms with E-state index in [1.807, 2.05) is 30.5 Å². The Labute approximate surface area is 165 Å². The summed E-state index contributed by atoms with van der Waals surface area (Å²) in [6.45, 7) is 1.74. The number of H-pyrrole nitrogens is 1. The van der Waals surface area contributed by atoms with Crippen molar-refractivity contribution in [2.75, 3.05) is 0 Å². The maximum Gasteiger partial charge on any atom is 0.333 e. The highest BCUT2D eigenvalue weighted by Crippen LogP contribution is 2.37. The van der Waals surface area contributed by atoms with Crippen LogP contribution in [-0.4, -0.2) is 35.9 Å². The van der Waals surface area contributed by atoms with Crippen LogP contribution in [0.15, 0.2) is 45.2 Å². The highest BCUT2D eigenvalue weighted by molar-refractivity contribution is 6.05. The van der Waals surface area contributed by atoms with Crippen molar-refractivity contribution in [2.45, 2.75) is 25.8 Å². The first kappa shape index (κ1) is 18.7. The van der Waals surface area contributed by atoms with Gasteiger partial charge in [0.15, 0.2) is 0 Å². The third-order valence-corrected chi connectivity index (χ3v) is 5.37. The molecule has 0 bridgehead atoms. The molecule has 4 rings (SSSR count). The minimum Gasteiger partial charge on any atom is -0.494 e. The molecule has 1 atom stereocenters. The molecule has 2 aromatic heterocycles. The number of hydrogen-bond donors (Lipinski definition) is 2. The molecular weight excluding hydrogens is 374 g/mol. The Bertz CT molecular complexity index is 1280. The van der Waals surface area contributed by atoms with E-state index in [1.54, 1.807) is 6.92 Å². The van der Waals surface area contributed by atoms with E-state index in [2.05, 4.69) is 10.1 Å². The zero-order valence-corrected chi connectivity index (χ0v) is 16.3. The van der Waals surface area contributed by atoms with Crippen molar-refractivity contribution in [2.24, 2.45) is 19.2 Å². The largest absolute Gasteiger partial charge is 0.494 e. The number of aromatic nitrogens is 3. The molecule has 1 aromatic carbocycles. The van der Waals surface area contributed by atoms with Gasteiger partial charge in [0.25, 0.3) is 5.56 Å². The molecule has 0 aliphatic carbocycles. The quantitative estimate of drug-likeness (QED) is 0.697. The topological polar surface area (TPSA) is 113 Å². The van der Waals surface area contributed by atoms with E-state index in [0.717, 1.165) is 25.6 Å². The smallest absolute Gasteiger partial charge is 0.333 e. The summed E-state index contributed by atoms with van der Waals surface area (Å²) in [5.41, 5.74) is 0.738. The first-order valence-corrected chi connectivity index (χ1v) is 9.30. The summed E-state index contributed by atoms with van der Waals surface area (Å²) in [7, 11) is 2.72. The monoisotopic (exact) mass is 395 g/mol. The van der Waals surface area contributed by atoms with Crippen LogP contribution in [0.2, 0.25) is 0 Å². The van der Waals surface area contributed by atoms with Gasteiger partial charge in [-0.25, -0.2) is 9.80 Å². The number of fused-ring (bicyclic) bond motifs is 1. The van der Waals surface area contributed by atoms with Crippen LogP contribution >= 0.6 is 0 Å². The molecule has 0 saturated carbocycles. The number of hydrogen-bond acceptors (Lipinski definition) is 5. The number of nitrogens with zero attached hydrogens (tertiary/aromatic N) is 4. The molecule has 1 aliphatic heterocycles. The fraction of sp³-hybridized carbons (Fsp3) is 0.300. The Morgan fingerprint density at radius 2 is 1.97 bits per heavy atom. The van der Waals surface area contributed by atoms with Gasteiger partial charge in [0, 0.05) is 49.6 Å². The highest BCUT2D eigenvalue weighted by Gasteiger charge is 2.36. The van der Waals surface area contributed by atoms with Gasteiger partial charge in [0.2, 0.25) is 11.8 Å². The summed E-state index contributed by atoms with van der Waals surface area (Å²) >= 11 is 0. The number of rotatable bonds is 3. The fourth-order valence-electron chi connectivity index (χ4n) is 3.75. The van der Waals surface area contributed by atoms with E-state index in [9.17, 15) is 19.5 Å². The third-order valence-electron chi connectivity index (χ3n) is 5.37. The number of amides is 1. The van der Waals surface area contributed by atoms with Crippen molar-refractivity contribution in [3.8, 4) is 5.88 Å². The van der Waals surface area contributed by atoms with Gasteiger partial charge in [-0.3, -0.25) is 18.7 Å². The molecular formula is C20H21N5O4. The number of benzene rings is 1. The van der Waals surface area contributed by atoms with Crippen LogP contribution in [0.3, 0.4) is 0 Å². The summed E-state index contributed by atoms with van der Waals surface area (Å²) in [5, 5.41) is 17.2. The SMILES string of the molecule is CCC(=O)N1N=C(c2c(O)n(C)c(=O)n(C)c2=O)C[C@H]1c1c[nH]c2ccccc12. The number of aromatic hydroxyl groups is 1. The molecule has 0 unspecified atom stereocenters. The maximum absolute atomic E-state index is 12.7. The minimum absolute atomic E-state index is 0.0640. The van der Waals surface area contributed by atoms with Gasteiger partial charge in [0.05, 0.1) is 11.8 Å². The van der Waals surface area contributed by atoms with E-state index >= 15 is 0 Å². The van der Waals surface area contributed by atoms with Crippen LogP contribution < -0.4 is 11.2 Å². The van der Waals surface area contributed by atoms with E-state index < -0.39 is 23.2 Å². The third kappa shape index (κ3) is 2.77. The number of aromatic amines is 1. The van der Waals surface area contributed by atoms with Crippen LogP contribution in [0.25, 0.3) is 10.9 Å². The minimum atomic E-state index is -0.646. The van der Waals surface area contributed by atoms with Gasteiger partial charge in [0.1, 0.15) is 5.56 Å². The molecule has 3 heterocycles. The van der Waals surface area contributed by atoms with Crippen LogP contribution in [0.5, 0.6) is 5.88 Å². The molecule has 1 amide bonds. The molecule has 1 aliphatic rings. The summed E-state index contributed by atoms with van der Waals surface area (Å²) in [6.07, 6.45) is 2.32. The van der Waals surface area contributed by atoms with Crippen LogP contribution in [-0.2, 0) is 18.9 Å². The standard InChI is InChI=1S/C20H21N5O4/c1-4-16(26)25-15(12-10-21-13-8-6-5-7-11(12)13)9-14(22-25)17-18(27)23(2)20(29)24(3)19(17)28/h5-8,10,15,21,27H,4,9H2,1-3H3/t15-/m0/s1. The molecule has 3 aromatic rings. The van der Waals surface area contributed by atoms with E-state index in [-0.39, 0.29) is 30.0 Å². The molecule has 0 spiro atoms. The second kappa shape index (κ2) is 6.77. The van der Waals surface area contributed by atoms with Crippen molar-refractivity contribution in [1.82, 2.24) is 19.1 Å². The van der Waals surface area contributed by atoms with Gasteiger partial charge in [-0.2, -0.15) is 5.10 Å². The van der Waals surface area contributed by atoms with E-state index in [1.165, 1.54) is 19.1 Å². The summed E-state index contributed by atoms with van der Waals surface area (Å²) < 4.78 is 1.91. The van der Waals surface area contributed by atoms with Crippen molar-refractivity contribution >= 4 is 22.5 Å². The lowest BCUT2D eigenvalue weighted by atomic mass is 9.98. The van der Waals surface area contributed by atoms with Crippen molar-refractivity contribution in [3.05, 3.63) is 62.4 Å². The molecule has 150 valence electrons. The Morgan fingerprint density at radius 1 is 1.24 bits per heavy atom. The Kier molecular flexibility index (Phi) is 4.37. The van der Waals surface area contributed by atoms with Gasteiger partial charge in [-0.15, -0.1) is 0 Å². The average molecular weight is 395 g/mol. The molecule has 0 saturated heterocycles.